The van der Waals surface area contributed by atoms with Crippen LogP contribution in [0.1, 0.15) is 24.0 Å². The lowest BCUT2D eigenvalue weighted by atomic mass is 9.84. The lowest BCUT2D eigenvalue weighted by Crippen LogP contribution is -2.18. The molecule has 1 nitrogen and oxygen atoms in total. The van der Waals surface area contributed by atoms with Gasteiger partial charge in [0.25, 0.3) is 0 Å². The van der Waals surface area contributed by atoms with Gasteiger partial charge in [-0.2, -0.15) is 0 Å². The van der Waals surface area contributed by atoms with Gasteiger partial charge in [0.05, 0.1) is 0 Å². The third kappa shape index (κ3) is 6.91. The van der Waals surface area contributed by atoms with Gasteiger partial charge in [-0.3, -0.25) is 0 Å². The maximum absolute atomic E-state index is 2.45. The fraction of sp³-hybridized carbons (Fsp3) is 0.0333. The largest absolute Gasteiger partial charge is 0.314 e. The average molecular weight is 778 g/mol. The molecule has 0 amide bonds. The third-order valence-corrected chi connectivity index (χ3v) is 12.4. The molecule has 0 saturated carbocycles. The molecule has 0 aromatic heterocycles. The molecule has 0 bridgehead atoms. The Hall–Kier alpha value is -7.74. The second kappa shape index (κ2) is 15.8. The van der Waals surface area contributed by atoms with E-state index in [-0.39, 0.29) is 0 Å². The molecule has 0 N–H and O–H groups in total. The summed E-state index contributed by atoms with van der Waals surface area (Å²) in [7, 11) is 0. The third-order valence-electron chi connectivity index (χ3n) is 12.4. The Morgan fingerprint density at radius 3 is 1.56 bits per heavy atom. The number of rotatable bonds is 8. The summed E-state index contributed by atoms with van der Waals surface area (Å²) >= 11 is 0. The van der Waals surface area contributed by atoms with Gasteiger partial charge in [0.2, 0.25) is 0 Å². The Morgan fingerprint density at radius 2 is 0.820 bits per heavy atom. The Kier molecular flexibility index (Phi) is 9.41. The minimum Gasteiger partial charge on any atom is -0.314 e. The molecule has 61 heavy (non-hydrogen) atoms. The molecular weight excluding hydrogens is 735 g/mol. The highest BCUT2D eigenvalue weighted by Crippen LogP contribution is 2.44. The molecule has 10 aromatic rings. The van der Waals surface area contributed by atoms with Gasteiger partial charge < -0.3 is 4.90 Å². The van der Waals surface area contributed by atoms with E-state index in [2.05, 4.69) is 241 Å². The average Bonchev–Trinajstić information content (AvgIpc) is 3.35. The van der Waals surface area contributed by atoms with Crippen molar-refractivity contribution in [1.29, 1.82) is 0 Å². The number of allylic oxidation sites excluding steroid dienone is 4. The highest BCUT2D eigenvalue weighted by molar-refractivity contribution is 6.24. The van der Waals surface area contributed by atoms with Gasteiger partial charge in [-0.15, -0.1) is 0 Å². The van der Waals surface area contributed by atoms with Crippen molar-refractivity contribution in [1.82, 2.24) is 0 Å². The van der Waals surface area contributed by atoms with Crippen LogP contribution in [0.15, 0.2) is 242 Å². The highest BCUT2D eigenvalue weighted by atomic mass is 15.1. The summed E-state index contributed by atoms with van der Waals surface area (Å²) in [6, 6.07) is 84.2. The van der Waals surface area contributed by atoms with E-state index in [1.54, 1.807) is 0 Å². The second-order valence-electron chi connectivity index (χ2n) is 16.0. The van der Waals surface area contributed by atoms with Crippen LogP contribution >= 0.6 is 0 Å². The van der Waals surface area contributed by atoms with Crippen molar-refractivity contribution in [2.45, 2.75) is 12.8 Å². The van der Waals surface area contributed by atoms with Crippen LogP contribution in [-0.2, 0) is 0 Å². The van der Waals surface area contributed by atoms with Crippen molar-refractivity contribution >= 4 is 54.8 Å². The van der Waals surface area contributed by atoms with E-state index < -0.39 is 0 Å². The second-order valence-corrected chi connectivity index (χ2v) is 16.0. The van der Waals surface area contributed by atoms with Gasteiger partial charge in [-0.25, -0.2) is 0 Å². The van der Waals surface area contributed by atoms with Crippen LogP contribution < -0.4 is 4.90 Å². The predicted octanol–water partition coefficient (Wildman–Crippen LogP) is 16.6. The number of anilines is 2. The minimum absolute atomic E-state index is 0.899. The van der Waals surface area contributed by atoms with Gasteiger partial charge in [-0.05, 0) is 143 Å². The smallest absolute Gasteiger partial charge is 0.0458 e. The number of hydrogen-bond acceptors (Lipinski definition) is 1. The maximum Gasteiger partial charge on any atom is 0.0458 e. The molecule has 0 atom stereocenters. The minimum atomic E-state index is 0.899. The lowest BCUT2D eigenvalue weighted by Gasteiger charge is -2.32. The van der Waals surface area contributed by atoms with Crippen molar-refractivity contribution in [3.8, 4) is 33.4 Å². The summed E-state index contributed by atoms with van der Waals surface area (Å²) in [5.74, 6) is 0. The van der Waals surface area contributed by atoms with Crippen molar-refractivity contribution < 1.29 is 0 Å². The number of para-hydroxylation sites is 1. The fourth-order valence-electron chi connectivity index (χ4n) is 9.42. The van der Waals surface area contributed by atoms with E-state index in [0.29, 0.717) is 0 Å². The Labute approximate surface area is 357 Å². The van der Waals surface area contributed by atoms with Crippen LogP contribution in [0.4, 0.5) is 11.4 Å². The summed E-state index contributed by atoms with van der Waals surface area (Å²) in [6.45, 7) is 0. The van der Waals surface area contributed by atoms with Gasteiger partial charge >= 0.3 is 0 Å². The first kappa shape index (κ1) is 36.3. The van der Waals surface area contributed by atoms with E-state index in [0.717, 1.165) is 24.2 Å². The first-order valence-corrected chi connectivity index (χ1v) is 21.3. The van der Waals surface area contributed by atoms with E-state index in [1.807, 2.05) is 0 Å². The quantitative estimate of drug-likeness (QED) is 0.139. The molecule has 0 radical (unpaired) electrons. The number of nitrogens with zero attached hydrogens (tertiary/aromatic N) is 1. The Morgan fingerprint density at radius 1 is 0.311 bits per heavy atom. The molecule has 0 saturated heterocycles. The summed E-state index contributed by atoms with van der Waals surface area (Å²) in [4.78, 5) is 2.45. The molecule has 0 heterocycles. The zero-order valence-corrected chi connectivity index (χ0v) is 33.9. The van der Waals surface area contributed by atoms with Gasteiger partial charge in [0, 0.05) is 17.1 Å². The van der Waals surface area contributed by atoms with Crippen LogP contribution in [0.3, 0.4) is 0 Å². The predicted molar refractivity (Wildman–Crippen MR) is 261 cm³/mol. The first-order valence-electron chi connectivity index (χ1n) is 21.3. The molecule has 0 fully saturated rings. The maximum atomic E-state index is 2.45. The van der Waals surface area contributed by atoms with E-state index in [4.69, 9.17) is 0 Å². The van der Waals surface area contributed by atoms with Crippen LogP contribution in [0, 0.1) is 0 Å². The first-order chi connectivity index (χ1) is 30.2. The topological polar surface area (TPSA) is 3.24 Å². The SMILES string of the molecule is C1=C(N(c2ccccc2)c2ccc(-c3cccc(-c4ccccc4)c3)cc2)CCC(c2cccc(-c3cccc4ccc5ccc6ccccc6c5c34)c2)=C1c1ccccc1. The zero-order chi connectivity index (χ0) is 40.5. The normalized spacial score (nSPS) is 12.8. The number of benzene rings is 10. The van der Waals surface area contributed by atoms with E-state index in [1.165, 1.54) is 93.7 Å². The molecule has 1 aliphatic carbocycles. The van der Waals surface area contributed by atoms with E-state index in [9.17, 15) is 0 Å². The van der Waals surface area contributed by atoms with Crippen LogP contribution in [0.25, 0.3) is 76.8 Å². The van der Waals surface area contributed by atoms with Gasteiger partial charge in [0.1, 0.15) is 0 Å². The number of hydrogen-bond donors (Lipinski definition) is 0. The van der Waals surface area contributed by atoms with Crippen LogP contribution in [0.5, 0.6) is 0 Å². The van der Waals surface area contributed by atoms with Crippen LogP contribution in [0.2, 0.25) is 0 Å². The standard InChI is InChI=1S/C60H43N/c1-4-15-42(16-5-1)48-21-12-22-49(39-48)43-33-35-53(36-34-43)61(52-25-8-3-9-26-52)54-37-38-55(58(41-54)44-17-6-2-7-18-44)50-23-13-24-51(40-50)57-28-14-20-46-31-32-47-30-29-45-19-10-11-27-56(45)60(47)59(46)57/h1-36,39-41H,37-38H2. The summed E-state index contributed by atoms with van der Waals surface area (Å²) in [5, 5.41) is 7.72. The van der Waals surface area contributed by atoms with Crippen molar-refractivity contribution in [3.63, 3.8) is 0 Å². The van der Waals surface area contributed by atoms with Crippen molar-refractivity contribution in [3.05, 3.63) is 253 Å². The summed E-state index contributed by atoms with van der Waals surface area (Å²) < 4.78 is 0. The molecule has 1 aliphatic rings. The molecule has 10 aromatic carbocycles. The van der Waals surface area contributed by atoms with E-state index >= 15 is 0 Å². The Bertz CT molecular complexity index is 3260. The fourth-order valence-corrected chi connectivity index (χ4v) is 9.42. The highest BCUT2D eigenvalue weighted by Gasteiger charge is 2.23. The molecular formula is C60H43N. The molecule has 0 aliphatic heterocycles. The number of fused-ring (bicyclic) bond motifs is 5. The Balaban J connectivity index is 1.02. The van der Waals surface area contributed by atoms with Crippen molar-refractivity contribution in [2.75, 3.05) is 4.90 Å². The molecule has 11 rings (SSSR count). The van der Waals surface area contributed by atoms with Crippen LogP contribution in [-0.4, -0.2) is 0 Å². The van der Waals surface area contributed by atoms with Crippen molar-refractivity contribution in [2.24, 2.45) is 0 Å². The summed E-state index contributed by atoms with van der Waals surface area (Å²) in [6.07, 6.45) is 4.26. The summed E-state index contributed by atoms with van der Waals surface area (Å²) in [5.41, 5.74) is 16.1. The molecule has 0 unspecified atom stereocenters. The van der Waals surface area contributed by atoms with Gasteiger partial charge in [0.15, 0.2) is 0 Å². The zero-order valence-electron chi connectivity index (χ0n) is 33.9. The lowest BCUT2D eigenvalue weighted by molar-refractivity contribution is 0.933. The monoisotopic (exact) mass is 777 g/mol. The molecule has 1 heteroatoms. The molecule has 0 spiro atoms. The van der Waals surface area contributed by atoms with Gasteiger partial charge in [-0.1, -0.05) is 194 Å². The molecule has 288 valence electrons.